The van der Waals surface area contributed by atoms with Gasteiger partial charge < -0.3 is 32.9 Å². The third-order valence-corrected chi connectivity index (χ3v) is 8.37. The van der Waals surface area contributed by atoms with E-state index in [-0.39, 0.29) is 41.4 Å². The monoisotopic (exact) mass is 633 g/mol. The summed E-state index contributed by atoms with van der Waals surface area (Å²) >= 11 is 0. The lowest BCUT2D eigenvalue weighted by molar-refractivity contribution is -0.546. The van der Waals surface area contributed by atoms with E-state index in [1.807, 2.05) is 0 Å². The molecular weight excluding hydrogens is 566 g/mol. The molecule has 3 unspecified atom stereocenters. The Morgan fingerprint density at radius 3 is 1.23 bits per heavy atom. The smallest absolute Gasteiger partial charge is 0.196 e. The lowest BCUT2D eigenvalue weighted by atomic mass is 9.75. The zero-order chi connectivity index (χ0) is 29.4. The minimum atomic E-state index is -1.85. The van der Waals surface area contributed by atoms with Crippen LogP contribution in [0.5, 0.6) is 0 Å². The predicted octanol–water partition coefficient (Wildman–Crippen LogP) is 5.24. The van der Waals surface area contributed by atoms with Crippen LogP contribution in [0.1, 0.15) is 188 Å². The molecule has 0 aliphatic carbocycles. The van der Waals surface area contributed by atoms with Gasteiger partial charge in [-0.1, -0.05) is 149 Å². The first-order chi connectivity index (χ1) is 18.6. The fourth-order valence-electron chi connectivity index (χ4n) is 5.69. The SMILES string of the molecule is CCCCCCCCCCCCCC(=O)C(C)C(O)(CC(C)([NH3+])O)C(=O)CCCCCCCCCCCCC.[Br-]. The number of unbranched alkanes of at least 4 members (excludes halogenated alkanes) is 20. The lowest BCUT2D eigenvalue weighted by Gasteiger charge is -2.34. The summed E-state index contributed by atoms with van der Waals surface area (Å²) in [5.41, 5.74) is 0.391. The average molecular weight is 635 g/mol. The second-order valence-electron chi connectivity index (χ2n) is 12.8. The van der Waals surface area contributed by atoms with E-state index in [9.17, 15) is 19.8 Å². The average Bonchev–Trinajstić information content (AvgIpc) is 2.88. The highest BCUT2D eigenvalue weighted by atomic mass is 79.9. The van der Waals surface area contributed by atoms with Crippen molar-refractivity contribution < 1.29 is 42.5 Å². The number of halogens is 1. The Bertz CT molecular complexity index is 607. The van der Waals surface area contributed by atoms with Gasteiger partial charge in [0.15, 0.2) is 11.5 Å². The molecule has 0 radical (unpaired) electrons. The van der Waals surface area contributed by atoms with Gasteiger partial charge in [0.05, 0.1) is 12.3 Å². The molecule has 0 aromatic rings. The van der Waals surface area contributed by atoms with Crippen molar-refractivity contribution in [1.82, 2.24) is 0 Å². The number of hydrogen-bond acceptors (Lipinski definition) is 4. The van der Waals surface area contributed by atoms with E-state index in [0.29, 0.717) is 6.42 Å². The first-order valence-electron chi connectivity index (χ1n) is 16.9. The molecule has 0 saturated heterocycles. The van der Waals surface area contributed by atoms with Gasteiger partial charge in [0, 0.05) is 19.8 Å². The van der Waals surface area contributed by atoms with Gasteiger partial charge in [-0.25, -0.2) is 0 Å². The van der Waals surface area contributed by atoms with Crippen LogP contribution >= 0.6 is 0 Å². The van der Waals surface area contributed by atoms with Crippen molar-refractivity contribution in [3.8, 4) is 0 Å². The summed E-state index contributed by atoms with van der Waals surface area (Å²) in [4.78, 5) is 26.2. The maximum atomic E-state index is 13.2. The number of ketones is 2. The standard InChI is InChI=1S/C34H67NO4.BrH/c1-5-7-9-11-13-15-17-19-21-23-25-27-31(36)30(3)34(39,29-33(4,35)38)32(37)28-26-24-22-20-18-16-14-12-10-8-6-2;/h30,38-39H,5-29,35H2,1-4H3;1H. The van der Waals surface area contributed by atoms with Crippen molar-refractivity contribution in [2.24, 2.45) is 5.92 Å². The number of aliphatic hydroxyl groups is 2. The van der Waals surface area contributed by atoms with E-state index in [1.165, 1.54) is 110 Å². The Morgan fingerprint density at radius 1 is 0.600 bits per heavy atom. The molecule has 0 aromatic heterocycles. The van der Waals surface area contributed by atoms with Crippen LogP contribution in [0.4, 0.5) is 0 Å². The summed E-state index contributed by atoms with van der Waals surface area (Å²) in [6.45, 7) is 7.64. The van der Waals surface area contributed by atoms with Crippen LogP contribution in [-0.4, -0.2) is 33.1 Å². The third-order valence-electron chi connectivity index (χ3n) is 8.37. The van der Waals surface area contributed by atoms with Gasteiger partial charge in [0.2, 0.25) is 0 Å². The van der Waals surface area contributed by atoms with Crippen LogP contribution in [0.3, 0.4) is 0 Å². The quantitative estimate of drug-likeness (QED) is 0.0774. The Morgan fingerprint density at radius 2 is 0.900 bits per heavy atom. The maximum absolute atomic E-state index is 13.2. The van der Waals surface area contributed by atoms with E-state index < -0.39 is 17.2 Å². The normalized spacial score (nSPS) is 15.2. The minimum absolute atomic E-state index is 0. The van der Waals surface area contributed by atoms with Gasteiger partial charge in [-0.05, 0) is 12.8 Å². The van der Waals surface area contributed by atoms with E-state index in [0.717, 1.165) is 38.5 Å². The van der Waals surface area contributed by atoms with Crippen molar-refractivity contribution in [2.45, 2.75) is 200 Å². The first kappa shape index (κ1) is 41.8. The van der Waals surface area contributed by atoms with Crippen LogP contribution < -0.4 is 22.7 Å². The molecule has 3 atom stereocenters. The molecule has 0 heterocycles. The number of Topliss-reactive ketones (excluding diaryl/α,β-unsaturated/α-hetero) is 2. The molecule has 0 fully saturated rings. The zero-order valence-electron chi connectivity index (χ0n) is 27.1. The Labute approximate surface area is 259 Å². The molecule has 0 rings (SSSR count). The highest BCUT2D eigenvalue weighted by molar-refractivity contribution is 5.94. The number of quaternary nitrogens is 1. The van der Waals surface area contributed by atoms with Crippen LogP contribution in [0.15, 0.2) is 0 Å². The number of rotatable bonds is 29. The van der Waals surface area contributed by atoms with E-state index in [4.69, 9.17) is 0 Å². The topological polar surface area (TPSA) is 102 Å². The van der Waals surface area contributed by atoms with Gasteiger partial charge in [-0.2, -0.15) is 0 Å². The maximum Gasteiger partial charge on any atom is 0.196 e. The first-order valence-corrected chi connectivity index (χ1v) is 16.9. The molecule has 0 saturated carbocycles. The van der Waals surface area contributed by atoms with Crippen LogP contribution in [-0.2, 0) is 9.59 Å². The van der Waals surface area contributed by atoms with Crippen molar-refractivity contribution in [3.05, 3.63) is 0 Å². The molecule has 0 bridgehead atoms. The van der Waals surface area contributed by atoms with E-state index >= 15 is 0 Å². The zero-order valence-corrected chi connectivity index (χ0v) is 28.6. The van der Waals surface area contributed by atoms with Crippen molar-refractivity contribution in [3.63, 3.8) is 0 Å². The molecule has 0 aliphatic rings. The van der Waals surface area contributed by atoms with Crippen LogP contribution in [0.25, 0.3) is 0 Å². The summed E-state index contributed by atoms with van der Waals surface area (Å²) in [5, 5.41) is 21.8. The summed E-state index contributed by atoms with van der Waals surface area (Å²) in [6, 6.07) is 0. The summed E-state index contributed by atoms with van der Waals surface area (Å²) in [6.07, 6.45) is 26.9. The fraction of sp³-hybridized carbons (Fsp3) is 0.941. The Balaban J connectivity index is 0. The molecule has 40 heavy (non-hydrogen) atoms. The predicted molar refractivity (Wildman–Crippen MR) is 164 cm³/mol. The van der Waals surface area contributed by atoms with Gasteiger partial charge in [0.25, 0.3) is 0 Å². The number of hydrogen-bond donors (Lipinski definition) is 3. The van der Waals surface area contributed by atoms with E-state index in [1.54, 1.807) is 6.92 Å². The Kier molecular flexibility index (Phi) is 27.5. The van der Waals surface area contributed by atoms with Gasteiger partial charge in [-0.3, -0.25) is 9.59 Å². The molecule has 240 valence electrons. The highest BCUT2D eigenvalue weighted by Crippen LogP contribution is 2.30. The molecule has 0 spiro atoms. The molecule has 5 nitrogen and oxygen atoms in total. The second kappa shape index (κ2) is 26.3. The Hall–Kier alpha value is -0.300. The van der Waals surface area contributed by atoms with Crippen LogP contribution in [0.2, 0.25) is 0 Å². The fourth-order valence-corrected chi connectivity index (χ4v) is 5.69. The lowest BCUT2D eigenvalue weighted by Crippen LogP contribution is -3.00. The molecular formula is C34H68BrNO4. The minimum Gasteiger partial charge on any atom is -1.00 e. The van der Waals surface area contributed by atoms with Gasteiger partial charge in [-0.15, -0.1) is 0 Å². The second-order valence-corrected chi connectivity index (χ2v) is 12.8. The highest BCUT2D eigenvalue weighted by Gasteiger charge is 2.48. The van der Waals surface area contributed by atoms with Crippen molar-refractivity contribution in [2.75, 3.05) is 0 Å². The molecule has 0 aliphatic heterocycles. The largest absolute Gasteiger partial charge is 1.00 e. The summed E-state index contributed by atoms with van der Waals surface area (Å²) < 4.78 is 0. The molecule has 0 aromatic carbocycles. The molecule has 0 amide bonds. The third kappa shape index (κ3) is 22.3. The van der Waals surface area contributed by atoms with Crippen molar-refractivity contribution >= 4 is 11.6 Å². The van der Waals surface area contributed by atoms with Gasteiger partial charge in [0.1, 0.15) is 11.4 Å². The van der Waals surface area contributed by atoms with E-state index in [2.05, 4.69) is 19.6 Å². The number of carbonyl (C=O) groups is 2. The summed E-state index contributed by atoms with van der Waals surface area (Å²) in [5.74, 6) is -1.22. The van der Waals surface area contributed by atoms with Crippen molar-refractivity contribution in [1.29, 1.82) is 0 Å². The summed E-state index contributed by atoms with van der Waals surface area (Å²) in [7, 11) is 0. The van der Waals surface area contributed by atoms with Crippen LogP contribution in [0, 0.1) is 5.92 Å². The molecule has 6 heteroatoms. The van der Waals surface area contributed by atoms with Gasteiger partial charge >= 0.3 is 0 Å². The number of carbonyl (C=O) groups excluding carboxylic acids is 2. The molecule has 5 N–H and O–H groups in total.